The lowest BCUT2D eigenvalue weighted by Crippen LogP contribution is -2.07. The third-order valence-electron chi connectivity index (χ3n) is 1.87. The highest BCUT2D eigenvalue weighted by atomic mass is 127. The summed E-state index contributed by atoms with van der Waals surface area (Å²) in [5.74, 6) is 0. The van der Waals surface area contributed by atoms with Gasteiger partial charge in [0.2, 0.25) is 0 Å². The molecule has 0 spiro atoms. The molecule has 0 amide bonds. The van der Waals surface area contributed by atoms with Crippen LogP contribution in [-0.4, -0.2) is 20.2 Å². The molecule has 0 bridgehead atoms. The largest absolute Gasteiger partial charge is 0.416 e. The molecule has 0 unspecified atom stereocenters. The highest BCUT2D eigenvalue weighted by molar-refractivity contribution is 14.1. The summed E-state index contributed by atoms with van der Waals surface area (Å²) in [4.78, 5) is 0. The molecule has 0 saturated heterocycles. The molecule has 4 nitrogen and oxygen atoms in total. The second-order valence-corrected chi connectivity index (χ2v) is 4.08. The summed E-state index contributed by atoms with van der Waals surface area (Å²) in [5, 5.41) is 10.4. The lowest BCUT2D eigenvalue weighted by Gasteiger charge is -2.09. The third-order valence-corrected chi connectivity index (χ3v) is 2.73. The molecule has 84 valence electrons. The summed E-state index contributed by atoms with van der Waals surface area (Å²) in [6.07, 6.45) is -3.01. The van der Waals surface area contributed by atoms with E-state index in [1.807, 2.05) is 22.6 Å². The number of aromatic nitrogens is 4. The van der Waals surface area contributed by atoms with E-state index in [0.717, 1.165) is 12.1 Å². The lowest BCUT2D eigenvalue weighted by atomic mass is 10.2. The molecule has 2 aromatic rings. The second kappa shape index (κ2) is 4.00. The number of alkyl halides is 3. The van der Waals surface area contributed by atoms with Gasteiger partial charge in [0.05, 0.1) is 11.3 Å². The van der Waals surface area contributed by atoms with Crippen molar-refractivity contribution in [3.8, 4) is 5.69 Å². The number of hydrogen-bond acceptors (Lipinski definition) is 3. The van der Waals surface area contributed by atoms with Gasteiger partial charge in [-0.05, 0) is 51.2 Å². The topological polar surface area (TPSA) is 43.6 Å². The van der Waals surface area contributed by atoms with Crippen molar-refractivity contribution in [1.29, 1.82) is 0 Å². The van der Waals surface area contributed by atoms with Crippen LogP contribution in [0.25, 0.3) is 5.69 Å². The second-order valence-electron chi connectivity index (χ2n) is 2.92. The fraction of sp³-hybridized carbons (Fsp3) is 0.125. The van der Waals surface area contributed by atoms with Gasteiger partial charge in [-0.1, -0.05) is 0 Å². The van der Waals surface area contributed by atoms with Crippen molar-refractivity contribution in [3.05, 3.63) is 33.7 Å². The molecule has 0 aliphatic carbocycles. The Morgan fingerprint density at radius 2 is 2.00 bits per heavy atom. The molecule has 0 atom stereocenters. The van der Waals surface area contributed by atoms with Crippen molar-refractivity contribution in [1.82, 2.24) is 20.2 Å². The lowest BCUT2D eigenvalue weighted by molar-refractivity contribution is -0.137. The molecule has 0 aliphatic rings. The number of nitrogens with zero attached hydrogens (tertiary/aromatic N) is 4. The number of hydrogen-bond donors (Lipinski definition) is 0. The van der Waals surface area contributed by atoms with Crippen molar-refractivity contribution in [2.75, 3.05) is 0 Å². The van der Waals surface area contributed by atoms with E-state index in [1.54, 1.807) is 0 Å². The summed E-state index contributed by atoms with van der Waals surface area (Å²) < 4.78 is 38.9. The fourth-order valence-corrected chi connectivity index (χ4v) is 1.90. The number of tetrazole rings is 1. The van der Waals surface area contributed by atoms with Crippen LogP contribution in [0.15, 0.2) is 24.5 Å². The van der Waals surface area contributed by atoms with Crippen LogP contribution >= 0.6 is 22.6 Å². The Kier molecular flexibility index (Phi) is 2.82. The zero-order chi connectivity index (χ0) is 11.8. The van der Waals surface area contributed by atoms with Crippen LogP contribution in [0.1, 0.15) is 5.56 Å². The van der Waals surface area contributed by atoms with E-state index in [9.17, 15) is 13.2 Å². The van der Waals surface area contributed by atoms with Crippen molar-refractivity contribution >= 4 is 22.6 Å². The van der Waals surface area contributed by atoms with E-state index < -0.39 is 11.7 Å². The van der Waals surface area contributed by atoms with Crippen LogP contribution in [0.2, 0.25) is 0 Å². The molecule has 1 aromatic carbocycles. The van der Waals surface area contributed by atoms with Gasteiger partial charge in [-0.2, -0.15) is 17.9 Å². The predicted molar refractivity (Wildman–Crippen MR) is 56.9 cm³/mol. The van der Waals surface area contributed by atoms with Crippen molar-refractivity contribution < 1.29 is 13.2 Å². The smallest absolute Gasteiger partial charge is 0.199 e. The minimum Gasteiger partial charge on any atom is -0.199 e. The maximum Gasteiger partial charge on any atom is 0.416 e. The SMILES string of the molecule is FC(F)(F)c1ccc(-n2cnnn2)c(I)c1. The average Bonchev–Trinajstić information content (AvgIpc) is 2.69. The molecule has 0 saturated carbocycles. The Morgan fingerprint density at radius 1 is 1.25 bits per heavy atom. The predicted octanol–water partition coefficient (Wildman–Crippen LogP) is 2.29. The summed E-state index contributed by atoms with van der Waals surface area (Å²) in [5.41, 5.74) is -0.174. The highest BCUT2D eigenvalue weighted by Crippen LogP contribution is 2.31. The maximum absolute atomic E-state index is 12.4. The average molecular weight is 340 g/mol. The van der Waals surface area contributed by atoms with Crippen molar-refractivity contribution in [2.24, 2.45) is 0 Å². The number of halogens is 4. The molecular weight excluding hydrogens is 336 g/mol. The first-order valence-corrected chi connectivity index (χ1v) is 5.16. The monoisotopic (exact) mass is 340 g/mol. The zero-order valence-electron chi connectivity index (χ0n) is 7.61. The van der Waals surface area contributed by atoms with E-state index in [-0.39, 0.29) is 0 Å². The minimum atomic E-state index is -4.33. The van der Waals surface area contributed by atoms with E-state index in [4.69, 9.17) is 0 Å². The van der Waals surface area contributed by atoms with E-state index >= 15 is 0 Å². The van der Waals surface area contributed by atoms with Crippen LogP contribution in [-0.2, 0) is 6.18 Å². The van der Waals surface area contributed by atoms with Gasteiger partial charge >= 0.3 is 6.18 Å². The Hall–Kier alpha value is -1.19. The molecule has 16 heavy (non-hydrogen) atoms. The van der Waals surface area contributed by atoms with Crippen LogP contribution in [0.5, 0.6) is 0 Å². The molecule has 0 aliphatic heterocycles. The summed E-state index contributed by atoms with van der Waals surface area (Å²) in [6, 6.07) is 3.39. The van der Waals surface area contributed by atoms with Gasteiger partial charge in [0, 0.05) is 3.57 Å². The Labute approximate surface area is 102 Å². The van der Waals surface area contributed by atoms with Gasteiger partial charge in [-0.15, -0.1) is 5.10 Å². The Balaban J connectivity index is 2.46. The van der Waals surface area contributed by atoms with Crippen LogP contribution in [0.4, 0.5) is 13.2 Å². The van der Waals surface area contributed by atoms with Gasteiger partial charge in [0.15, 0.2) is 0 Å². The van der Waals surface area contributed by atoms with E-state index in [1.165, 1.54) is 17.1 Å². The number of benzene rings is 1. The van der Waals surface area contributed by atoms with Gasteiger partial charge in [0.1, 0.15) is 6.33 Å². The molecular formula is C8H4F3IN4. The Bertz CT molecular complexity index is 494. The normalized spacial score (nSPS) is 11.8. The Morgan fingerprint density at radius 3 is 2.50 bits per heavy atom. The standard InChI is InChI=1S/C8H4F3IN4/c9-8(10,11)5-1-2-7(6(12)3-5)16-4-13-14-15-16/h1-4H. The minimum absolute atomic E-state index is 0.430. The van der Waals surface area contributed by atoms with Gasteiger partial charge in [-0.3, -0.25) is 0 Å². The first kappa shape index (κ1) is 11.3. The molecule has 0 fully saturated rings. The third kappa shape index (κ3) is 2.15. The van der Waals surface area contributed by atoms with Gasteiger partial charge in [0.25, 0.3) is 0 Å². The first-order chi connectivity index (χ1) is 7.48. The highest BCUT2D eigenvalue weighted by Gasteiger charge is 2.30. The molecule has 1 aromatic heterocycles. The van der Waals surface area contributed by atoms with E-state index in [2.05, 4.69) is 15.5 Å². The maximum atomic E-state index is 12.4. The van der Waals surface area contributed by atoms with Gasteiger partial charge < -0.3 is 0 Å². The van der Waals surface area contributed by atoms with Crippen LogP contribution < -0.4 is 0 Å². The van der Waals surface area contributed by atoms with Crippen LogP contribution in [0.3, 0.4) is 0 Å². The molecule has 2 rings (SSSR count). The van der Waals surface area contributed by atoms with Crippen LogP contribution in [0, 0.1) is 3.57 Å². The summed E-state index contributed by atoms with van der Waals surface area (Å²) in [7, 11) is 0. The van der Waals surface area contributed by atoms with E-state index in [0.29, 0.717) is 9.26 Å². The molecule has 0 N–H and O–H groups in total. The summed E-state index contributed by atoms with van der Waals surface area (Å²) >= 11 is 1.81. The van der Waals surface area contributed by atoms with Crippen molar-refractivity contribution in [2.45, 2.75) is 6.18 Å². The fourth-order valence-electron chi connectivity index (χ4n) is 1.14. The van der Waals surface area contributed by atoms with Gasteiger partial charge in [-0.25, -0.2) is 0 Å². The molecule has 1 heterocycles. The quantitative estimate of drug-likeness (QED) is 0.749. The number of rotatable bonds is 1. The van der Waals surface area contributed by atoms with Crippen molar-refractivity contribution in [3.63, 3.8) is 0 Å². The summed E-state index contributed by atoms with van der Waals surface area (Å²) in [6.45, 7) is 0. The molecule has 8 heteroatoms. The molecule has 0 radical (unpaired) electrons. The first-order valence-electron chi connectivity index (χ1n) is 4.08. The zero-order valence-corrected chi connectivity index (χ0v) is 9.77.